The van der Waals surface area contributed by atoms with Crippen molar-refractivity contribution in [3.8, 4) is 0 Å². The minimum atomic E-state index is -0.101. The Kier molecular flexibility index (Phi) is 7.49. The van der Waals surface area contributed by atoms with Crippen LogP contribution in [0.2, 0.25) is 5.02 Å². The van der Waals surface area contributed by atoms with Crippen molar-refractivity contribution in [2.45, 2.75) is 18.9 Å². The fourth-order valence-corrected chi connectivity index (χ4v) is 3.56. The lowest BCUT2D eigenvalue weighted by atomic mass is 10.0. The number of amides is 2. The number of anilines is 1. The zero-order valence-corrected chi connectivity index (χ0v) is 17.2. The average molecular weight is 416 g/mol. The van der Waals surface area contributed by atoms with E-state index >= 15 is 0 Å². The molecular formula is C22H26ClN3O3. The molecule has 7 heteroatoms. The number of piperidine rings is 1. The van der Waals surface area contributed by atoms with Crippen molar-refractivity contribution in [2.75, 3.05) is 38.3 Å². The number of hydrogen-bond acceptors (Lipinski definition) is 4. The smallest absolute Gasteiger partial charge is 0.253 e. The Morgan fingerprint density at radius 3 is 2.45 bits per heavy atom. The molecule has 0 radical (unpaired) electrons. The van der Waals surface area contributed by atoms with E-state index < -0.39 is 0 Å². The molecule has 0 spiro atoms. The van der Waals surface area contributed by atoms with E-state index in [1.165, 1.54) is 0 Å². The van der Waals surface area contributed by atoms with Crippen molar-refractivity contribution < 1.29 is 14.3 Å². The van der Waals surface area contributed by atoms with Gasteiger partial charge in [0.1, 0.15) is 0 Å². The number of benzene rings is 2. The van der Waals surface area contributed by atoms with E-state index in [1.54, 1.807) is 31.4 Å². The molecule has 1 heterocycles. The minimum Gasteiger partial charge on any atom is -0.383 e. The van der Waals surface area contributed by atoms with Crippen LogP contribution in [-0.2, 0) is 4.74 Å². The molecule has 1 aliphatic rings. The van der Waals surface area contributed by atoms with Crippen molar-refractivity contribution >= 4 is 29.1 Å². The summed E-state index contributed by atoms with van der Waals surface area (Å²) in [5, 5.41) is 6.59. The number of para-hydroxylation sites is 1. The predicted molar refractivity (Wildman–Crippen MR) is 115 cm³/mol. The van der Waals surface area contributed by atoms with Crippen LogP contribution >= 0.6 is 11.6 Å². The highest BCUT2D eigenvalue weighted by Gasteiger charge is 2.24. The van der Waals surface area contributed by atoms with Crippen LogP contribution in [0.4, 0.5) is 5.69 Å². The summed E-state index contributed by atoms with van der Waals surface area (Å²) in [6, 6.07) is 14.6. The first kappa shape index (κ1) is 21.1. The molecule has 1 saturated heterocycles. The molecule has 0 aliphatic carbocycles. The Bertz CT molecular complexity index is 833. The zero-order valence-electron chi connectivity index (χ0n) is 16.5. The number of methoxy groups -OCH3 is 1. The van der Waals surface area contributed by atoms with E-state index in [4.69, 9.17) is 16.3 Å². The van der Waals surface area contributed by atoms with Gasteiger partial charge in [-0.2, -0.15) is 0 Å². The second kappa shape index (κ2) is 10.3. The van der Waals surface area contributed by atoms with Crippen molar-refractivity contribution in [1.82, 2.24) is 10.6 Å². The highest BCUT2D eigenvalue weighted by molar-refractivity contribution is 6.30. The predicted octanol–water partition coefficient (Wildman–Crippen LogP) is 3.12. The van der Waals surface area contributed by atoms with Gasteiger partial charge in [0.05, 0.1) is 12.2 Å². The third-order valence-corrected chi connectivity index (χ3v) is 5.27. The van der Waals surface area contributed by atoms with Crippen LogP contribution in [0.1, 0.15) is 33.6 Å². The fraction of sp³-hybridized carbons (Fsp3) is 0.364. The van der Waals surface area contributed by atoms with Gasteiger partial charge in [0.2, 0.25) is 0 Å². The molecule has 3 rings (SSSR count). The highest BCUT2D eigenvalue weighted by Crippen LogP contribution is 2.24. The lowest BCUT2D eigenvalue weighted by Gasteiger charge is -2.35. The Morgan fingerprint density at radius 1 is 1.07 bits per heavy atom. The van der Waals surface area contributed by atoms with Crippen molar-refractivity contribution in [3.63, 3.8) is 0 Å². The summed E-state index contributed by atoms with van der Waals surface area (Å²) < 4.78 is 4.99. The molecule has 0 atom stereocenters. The Hall–Kier alpha value is -2.57. The number of nitrogens with zero attached hydrogens (tertiary/aromatic N) is 1. The summed E-state index contributed by atoms with van der Waals surface area (Å²) >= 11 is 5.88. The third-order valence-electron chi connectivity index (χ3n) is 5.02. The molecule has 0 saturated carbocycles. The maximum absolute atomic E-state index is 12.5. The molecular weight excluding hydrogens is 390 g/mol. The van der Waals surface area contributed by atoms with Crippen molar-refractivity contribution in [1.29, 1.82) is 0 Å². The molecule has 0 bridgehead atoms. The van der Waals surface area contributed by atoms with Crippen LogP contribution in [0, 0.1) is 0 Å². The first-order valence-electron chi connectivity index (χ1n) is 9.76. The van der Waals surface area contributed by atoms with E-state index in [0.29, 0.717) is 29.3 Å². The second-order valence-electron chi connectivity index (χ2n) is 7.01. The van der Waals surface area contributed by atoms with E-state index in [1.807, 2.05) is 24.3 Å². The van der Waals surface area contributed by atoms with Crippen LogP contribution in [0.15, 0.2) is 48.5 Å². The first-order valence-corrected chi connectivity index (χ1v) is 10.1. The van der Waals surface area contributed by atoms with Gasteiger partial charge in [-0.3, -0.25) is 9.59 Å². The van der Waals surface area contributed by atoms with Gasteiger partial charge in [-0.15, -0.1) is 0 Å². The topological polar surface area (TPSA) is 70.7 Å². The molecule has 29 heavy (non-hydrogen) atoms. The van der Waals surface area contributed by atoms with E-state index in [0.717, 1.165) is 31.6 Å². The number of halogens is 1. The molecule has 0 aromatic heterocycles. The van der Waals surface area contributed by atoms with Crippen LogP contribution in [-0.4, -0.2) is 51.2 Å². The fourth-order valence-electron chi connectivity index (χ4n) is 3.44. The summed E-state index contributed by atoms with van der Waals surface area (Å²) in [5.41, 5.74) is 2.19. The minimum absolute atomic E-state index is 0.0852. The lowest BCUT2D eigenvalue weighted by molar-refractivity contribution is 0.0927. The molecule has 2 N–H and O–H groups in total. The van der Waals surface area contributed by atoms with Crippen LogP contribution in [0.3, 0.4) is 0 Å². The lowest BCUT2D eigenvalue weighted by Crippen LogP contribution is -2.45. The van der Waals surface area contributed by atoms with Crippen molar-refractivity contribution in [2.24, 2.45) is 0 Å². The van der Waals surface area contributed by atoms with Gasteiger partial charge >= 0.3 is 0 Å². The maximum Gasteiger partial charge on any atom is 0.253 e. The molecule has 0 unspecified atom stereocenters. The first-order chi connectivity index (χ1) is 14.1. The summed E-state index contributed by atoms with van der Waals surface area (Å²) in [7, 11) is 1.61. The molecule has 2 aromatic rings. The molecule has 6 nitrogen and oxygen atoms in total. The second-order valence-corrected chi connectivity index (χ2v) is 7.44. The van der Waals surface area contributed by atoms with Crippen LogP contribution < -0.4 is 15.5 Å². The number of nitrogens with one attached hydrogen (secondary N) is 2. The molecule has 154 valence electrons. The van der Waals surface area contributed by atoms with Gasteiger partial charge < -0.3 is 20.3 Å². The Morgan fingerprint density at radius 2 is 1.76 bits per heavy atom. The van der Waals surface area contributed by atoms with Crippen LogP contribution in [0.5, 0.6) is 0 Å². The van der Waals surface area contributed by atoms with Gasteiger partial charge in [0, 0.05) is 49.1 Å². The summed E-state index contributed by atoms with van der Waals surface area (Å²) in [6.07, 6.45) is 1.64. The summed E-state index contributed by atoms with van der Waals surface area (Å²) in [5.74, 6) is -0.186. The number of rotatable bonds is 7. The normalized spacial score (nSPS) is 14.5. The molecule has 2 aromatic carbocycles. The van der Waals surface area contributed by atoms with E-state index in [-0.39, 0.29) is 17.9 Å². The number of carbonyl (C=O) groups excluding carboxylic acids is 2. The summed E-state index contributed by atoms with van der Waals surface area (Å²) in [4.78, 5) is 27.1. The van der Waals surface area contributed by atoms with Gasteiger partial charge in [-0.05, 0) is 49.2 Å². The Balaban J connectivity index is 1.57. The zero-order chi connectivity index (χ0) is 20.6. The highest BCUT2D eigenvalue weighted by atomic mass is 35.5. The molecule has 2 amide bonds. The summed E-state index contributed by atoms with van der Waals surface area (Å²) in [6.45, 7) is 2.50. The van der Waals surface area contributed by atoms with Crippen LogP contribution in [0.25, 0.3) is 0 Å². The molecule has 1 aliphatic heterocycles. The standard InChI is InChI=1S/C22H26ClN3O3/c1-29-15-12-24-22(28)19-4-2-3-5-20(19)26-13-10-18(11-14-26)25-21(27)16-6-8-17(23)9-7-16/h2-9,18H,10-15H2,1H3,(H,24,28)(H,25,27). The van der Waals surface area contributed by atoms with Gasteiger partial charge in [-0.25, -0.2) is 0 Å². The largest absolute Gasteiger partial charge is 0.383 e. The SMILES string of the molecule is COCCNC(=O)c1ccccc1N1CCC(NC(=O)c2ccc(Cl)cc2)CC1. The third kappa shape index (κ3) is 5.71. The van der Waals surface area contributed by atoms with Crippen molar-refractivity contribution in [3.05, 3.63) is 64.7 Å². The molecule has 1 fully saturated rings. The monoisotopic (exact) mass is 415 g/mol. The van der Waals surface area contributed by atoms with Gasteiger partial charge in [0.25, 0.3) is 11.8 Å². The number of hydrogen-bond donors (Lipinski definition) is 2. The maximum atomic E-state index is 12.5. The number of ether oxygens (including phenoxy) is 1. The number of carbonyl (C=O) groups is 2. The average Bonchev–Trinajstić information content (AvgIpc) is 2.75. The van der Waals surface area contributed by atoms with E-state index in [9.17, 15) is 9.59 Å². The van der Waals surface area contributed by atoms with E-state index in [2.05, 4.69) is 15.5 Å². The van der Waals surface area contributed by atoms with Gasteiger partial charge in [-0.1, -0.05) is 23.7 Å². The van der Waals surface area contributed by atoms with Gasteiger partial charge in [0.15, 0.2) is 0 Å². The Labute approximate surface area is 176 Å². The quantitative estimate of drug-likeness (QED) is 0.681.